The van der Waals surface area contributed by atoms with Crippen molar-refractivity contribution in [3.8, 4) is 0 Å². The fourth-order valence-electron chi connectivity index (χ4n) is 1.77. The van der Waals surface area contributed by atoms with Gasteiger partial charge in [-0.25, -0.2) is 4.79 Å². The standard InChI is InChI=1S/C15H16N2O3/c1-11-10-12(5-6-13(11)16)15(19)20-9-8-17-7-3-2-4-14(17)18/h2-7,10H,8-9,16H2,1H3. The Morgan fingerprint density at radius 1 is 1.30 bits per heavy atom. The summed E-state index contributed by atoms with van der Waals surface area (Å²) in [6.07, 6.45) is 1.66. The first-order valence-corrected chi connectivity index (χ1v) is 6.26. The summed E-state index contributed by atoms with van der Waals surface area (Å²) < 4.78 is 6.63. The summed E-state index contributed by atoms with van der Waals surface area (Å²) in [5, 5.41) is 0. The van der Waals surface area contributed by atoms with E-state index in [1.807, 2.05) is 6.92 Å². The van der Waals surface area contributed by atoms with Crippen molar-refractivity contribution in [3.05, 3.63) is 64.1 Å². The Morgan fingerprint density at radius 2 is 2.10 bits per heavy atom. The van der Waals surface area contributed by atoms with Crippen molar-refractivity contribution in [1.29, 1.82) is 0 Å². The summed E-state index contributed by atoms with van der Waals surface area (Å²) in [5.74, 6) is -0.419. The smallest absolute Gasteiger partial charge is 0.338 e. The average Bonchev–Trinajstić information content (AvgIpc) is 2.44. The van der Waals surface area contributed by atoms with Crippen molar-refractivity contribution < 1.29 is 9.53 Å². The summed E-state index contributed by atoms with van der Waals surface area (Å²) in [4.78, 5) is 23.3. The highest BCUT2D eigenvalue weighted by atomic mass is 16.5. The van der Waals surface area contributed by atoms with Crippen molar-refractivity contribution in [1.82, 2.24) is 4.57 Å². The van der Waals surface area contributed by atoms with Gasteiger partial charge in [0, 0.05) is 18.0 Å². The van der Waals surface area contributed by atoms with Crippen molar-refractivity contribution in [2.24, 2.45) is 0 Å². The first kappa shape index (κ1) is 13.9. The van der Waals surface area contributed by atoms with Gasteiger partial charge in [-0.2, -0.15) is 0 Å². The highest BCUT2D eigenvalue weighted by Gasteiger charge is 2.08. The maximum Gasteiger partial charge on any atom is 0.338 e. The van der Waals surface area contributed by atoms with Crippen LogP contribution in [0.25, 0.3) is 0 Å². The summed E-state index contributed by atoms with van der Waals surface area (Å²) in [5.41, 5.74) is 7.50. The average molecular weight is 272 g/mol. The van der Waals surface area contributed by atoms with Crippen molar-refractivity contribution in [3.63, 3.8) is 0 Å². The van der Waals surface area contributed by atoms with E-state index >= 15 is 0 Å². The predicted octanol–water partition coefficient (Wildman–Crippen LogP) is 1.60. The molecule has 0 saturated heterocycles. The lowest BCUT2D eigenvalue weighted by Gasteiger charge is -2.08. The Labute approximate surface area is 116 Å². The number of carbonyl (C=O) groups is 1. The molecule has 2 N–H and O–H groups in total. The van der Waals surface area contributed by atoms with Crippen LogP contribution in [-0.4, -0.2) is 17.1 Å². The molecule has 0 aliphatic rings. The molecule has 0 spiro atoms. The van der Waals surface area contributed by atoms with Gasteiger partial charge >= 0.3 is 5.97 Å². The molecule has 0 radical (unpaired) electrons. The minimum absolute atomic E-state index is 0.119. The number of anilines is 1. The van der Waals surface area contributed by atoms with E-state index in [-0.39, 0.29) is 12.2 Å². The molecule has 5 heteroatoms. The molecule has 20 heavy (non-hydrogen) atoms. The third kappa shape index (κ3) is 3.26. The zero-order chi connectivity index (χ0) is 14.5. The number of pyridine rings is 1. The van der Waals surface area contributed by atoms with E-state index < -0.39 is 5.97 Å². The van der Waals surface area contributed by atoms with Crippen LogP contribution in [0.2, 0.25) is 0 Å². The minimum atomic E-state index is -0.419. The molecule has 0 saturated carbocycles. The Kier molecular flexibility index (Phi) is 4.20. The van der Waals surface area contributed by atoms with Crippen LogP contribution < -0.4 is 11.3 Å². The van der Waals surface area contributed by atoms with E-state index in [4.69, 9.17) is 10.5 Å². The molecule has 104 valence electrons. The number of aromatic nitrogens is 1. The van der Waals surface area contributed by atoms with Crippen LogP contribution in [0.4, 0.5) is 5.69 Å². The van der Waals surface area contributed by atoms with E-state index in [1.165, 1.54) is 10.6 Å². The fourth-order valence-corrected chi connectivity index (χ4v) is 1.77. The van der Waals surface area contributed by atoms with Gasteiger partial charge in [-0.1, -0.05) is 6.07 Å². The van der Waals surface area contributed by atoms with Crippen LogP contribution in [0.1, 0.15) is 15.9 Å². The SMILES string of the molecule is Cc1cc(C(=O)OCCn2ccccc2=O)ccc1N. The number of nitrogen functional groups attached to an aromatic ring is 1. The van der Waals surface area contributed by atoms with Crippen molar-refractivity contribution in [2.45, 2.75) is 13.5 Å². The molecule has 0 unspecified atom stereocenters. The molecule has 1 aromatic heterocycles. The second-order valence-electron chi connectivity index (χ2n) is 4.44. The monoisotopic (exact) mass is 272 g/mol. The van der Waals surface area contributed by atoms with Gasteiger partial charge < -0.3 is 15.0 Å². The molecule has 1 heterocycles. The predicted molar refractivity (Wildman–Crippen MR) is 76.6 cm³/mol. The van der Waals surface area contributed by atoms with Gasteiger partial charge in [0.15, 0.2) is 0 Å². The molecular weight excluding hydrogens is 256 g/mol. The number of aryl methyl sites for hydroxylation is 1. The molecule has 0 bridgehead atoms. The molecule has 0 amide bonds. The maximum atomic E-state index is 11.8. The highest BCUT2D eigenvalue weighted by molar-refractivity contribution is 5.90. The largest absolute Gasteiger partial charge is 0.460 e. The van der Waals surface area contributed by atoms with Gasteiger partial charge in [0.2, 0.25) is 0 Å². The van der Waals surface area contributed by atoms with Crippen LogP contribution in [0.5, 0.6) is 0 Å². The van der Waals surface area contributed by atoms with Crippen LogP contribution in [0.15, 0.2) is 47.4 Å². The first-order valence-electron chi connectivity index (χ1n) is 6.26. The van der Waals surface area contributed by atoms with Crippen LogP contribution in [-0.2, 0) is 11.3 Å². The van der Waals surface area contributed by atoms with E-state index in [1.54, 1.807) is 36.5 Å². The van der Waals surface area contributed by atoms with Gasteiger partial charge in [-0.05, 0) is 36.8 Å². The minimum Gasteiger partial charge on any atom is -0.460 e. The van der Waals surface area contributed by atoms with E-state index in [0.29, 0.717) is 17.8 Å². The van der Waals surface area contributed by atoms with E-state index in [2.05, 4.69) is 0 Å². The number of ether oxygens (including phenoxy) is 1. The van der Waals surface area contributed by atoms with Gasteiger partial charge in [0.05, 0.1) is 12.1 Å². The number of rotatable bonds is 4. The van der Waals surface area contributed by atoms with Gasteiger partial charge in [-0.3, -0.25) is 4.79 Å². The lowest BCUT2D eigenvalue weighted by Crippen LogP contribution is -2.21. The number of carbonyl (C=O) groups excluding carboxylic acids is 1. The normalized spacial score (nSPS) is 10.2. The third-order valence-corrected chi connectivity index (χ3v) is 2.97. The molecule has 2 aromatic rings. The summed E-state index contributed by atoms with van der Waals surface area (Å²) in [6, 6.07) is 9.87. The molecule has 0 aliphatic heterocycles. The number of nitrogens with zero attached hydrogens (tertiary/aromatic N) is 1. The van der Waals surface area contributed by atoms with Crippen LogP contribution >= 0.6 is 0 Å². The second kappa shape index (κ2) is 6.06. The Morgan fingerprint density at radius 3 is 2.80 bits per heavy atom. The second-order valence-corrected chi connectivity index (χ2v) is 4.44. The number of hydrogen-bond acceptors (Lipinski definition) is 4. The zero-order valence-electron chi connectivity index (χ0n) is 11.2. The zero-order valence-corrected chi connectivity index (χ0v) is 11.2. The van der Waals surface area contributed by atoms with Crippen LogP contribution in [0, 0.1) is 6.92 Å². The van der Waals surface area contributed by atoms with Crippen LogP contribution in [0.3, 0.4) is 0 Å². The summed E-state index contributed by atoms with van der Waals surface area (Å²) in [6.45, 7) is 2.31. The number of esters is 1. The Hall–Kier alpha value is -2.56. The lowest BCUT2D eigenvalue weighted by molar-refractivity contribution is 0.0490. The molecule has 1 aromatic carbocycles. The Bertz CT molecular complexity index is 677. The highest BCUT2D eigenvalue weighted by Crippen LogP contribution is 2.13. The molecule has 0 fully saturated rings. The van der Waals surface area contributed by atoms with Gasteiger partial charge in [0.1, 0.15) is 6.61 Å². The first-order chi connectivity index (χ1) is 9.58. The Balaban J connectivity index is 1.94. The quantitative estimate of drug-likeness (QED) is 0.677. The fraction of sp³-hybridized carbons (Fsp3) is 0.200. The van der Waals surface area contributed by atoms with Crippen molar-refractivity contribution in [2.75, 3.05) is 12.3 Å². The maximum absolute atomic E-state index is 11.8. The molecule has 0 atom stereocenters. The van der Waals surface area contributed by atoms with E-state index in [9.17, 15) is 9.59 Å². The topological polar surface area (TPSA) is 74.3 Å². The summed E-state index contributed by atoms with van der Waals surface area (Å²) in [7, 11) is 0. The van der Waals surface area contributed by atoms with Gasteiger partial charge in [0.25, 0.3) is 5.56 Å². The number of benzene rings is 1. The van der Waals surface area contributed by atoms with Crippen molar-refractivity contribution >= 4 is 11.7 Å². The van der Waals surface area contributed by atoms with Gasteiger partial charge in [-0.15, -0.1) is 0 Å². The lowest BCUT2D eigenvalue weighted by atomic mass is 10.1. The molecule has 5 nitrogen and oxygen atoms in total. The number of nitrogens with two attached hydrogens (primary N) is 1. The molecule has 0 aliphatic carbocycles. The molecule has 2 rings (SSSR count). The third-order valence-electron chi connectivity index (χ3n) is 2.97. The number of hydrogen-bond donors (Lipinski definition) is 1. The molecular formula is C15H16N2O3. The summed E-state index contributed by atoms with van der Waals surface area (Å²) >= 11 is 0. The van der Waals surface area contributed by atoms with E-state index in [0.717, 1.165) is 5.56 Å².